The third-order valence-electron chi connectivity index (χ3n) is 4.77. The van der Waals surface area contributed by atoms with Crippen molar-refractivity contribution in [3.8, 4) is 11.8 Å². The van der Waals surface area contributed by atoms with E-state index in [2.05, 4.69) is 16.3 Å². The quantitative estimate of drug-likeness (QED) is 0.509. The second-order valence-corrected chi connectivity index (χ2v) is 6.48. The Labute approximate surface area is 169 Å². The van der Waals surface area contributed by atoms with E-state index >= 15 is 0 Å². The second-order valence-electron chi connectivity index (χ2n) is 6.48. The van der Waals surface area contributed by atoms with E-state index in [1.54, 1.807) is 12.1 Å². The maximum Gasteiger partial charge on any atom is 0.271 e. The van der Waals surface area contributed by atoms with E-state index in [1.807, 2.05) is 26.0 Å². The molecule has 29 heavy (non-hydrogen) atoms. The van der Waals surface area contributed by atoms with Crippen LogP contribution in [0, 0.1) is 21.4 Å². The first-order valence-electron chi connectivity index (χ1n) is 9.26. The number of hydrogen-bond acceptors (Lipinski definition) is 6. The molecule has 2 aromatic carbocycles. The molecule has 0 aliphatic heterocycles. The molecule has 0 radical (unpaired) electrons. The smallest absolute Gasteiger partial charge is 0.271 e. The van der Waals surface area contributed by atoms with E-state index in [4.69, 9.17) is 10.00 Å². The van der Waals surface area contributed by atoms with E-state index in [1.165, 1.54) is 25.3 Å². The standard InChI is InChI=1S/C21H24N4O4/c1-4-24(15(2)17-7-5-16(14-22)6-8-17)12-11-21(26)23-19-13-18(25(27)28)9-10-20(19)29-3/h5-10,13,15H,4,11-12H2,1-3H3,(H,23,26). The molecule has 0 aromatic heterocycles. The summed E-state index contributed by atoms with van der Waals surface area (Å²) in [5.41, 5.74) is 1.82. The molecule has 152 valence electrons. The number of hydrogen-bond donors (Lipinski definition) is 1. The van der Waals surface area contributed by atoms with Gasteiger partial charge in [-0.1, -0.05) is 19.1 Å². The van der Waals surface area contributed by atoms with Gasteiger partial charge in [-0.3, -0.25) is 19.8 Å². The lowest BCUT2D eigenvalue weighted by Crippen LogP contribution is -2.30. The number of amides is 1. The first-order valence-corrected chi connectivity index (χ1v) is 9.26. The molecule has 0 saturated heterocycles. The maximum atomic E-state index is 12.4. The Balaban J connectivity index is 2.02. The zero-order valence-corrected chi connectivity index (χ0v) is 16.7. The van der Waals surface area contributed by atoms with Crippen LogP contribution < -0.4 is 10.1 Å². The highest BCUT2D eigenvalue weighted by molar-refractivity contribution is 5.92. The number of anilines is 1. The first-order chi connectivity index (χ1) is 13.9. The van der Waals surface area contributed by atoms with Crippen LogP contribution in [-0.4, -0.2) is 35.9 Å². The van der Waals surface area contributed by atoms with Crippen LogP contribution in [0.15, 0.2) is 42.5 Å². The van der Waals surface area contributed by atoms with Gasteiger partial charge in [-0.15, -0.1) is 0 Å². The summed E-state index contributed by atoms with van der Waals surface area (Å²) in [4.78, 5) is 25.0. The SMILES string of the molecule is CCN(CCC(=O)Nc1cc([N+](=O)[O-])ccc1OC)C(C)c1ccc(C#N)cc1. The average molecular weight is 396 g/mol. The fraction of sp³-hybridized carbons (Fsp3) is 0.333. The molecule has 2 aromatic rings. The predicted molar refractivity (Wildman–Crippen MR) is 110 cm³/mol. The van der Waals surface area contributed by atoms with E-state index in [-0.39, 0.29) is 29.7 Å². The van der Waals surface area contributed by atoms with Gasteiger partial charge >= 0.3 is 0 Å². The van der Waals surface area contributed by atoms with Gasteiger partial charge in [0.15, 0.2) is 0 Å². The topological polar surface area (TPSA) is 108 Å². The first kappa shape index (κ1) is 21.9. The van der Waals surface area contributed by atoms with Crippen molar-refractivity contribution in [1.82, 2.24) is 4.90 Å². The summed E-state index contributed by atoms with van der Waals surface area (Å²) in [5.74, 6) is 0.108. The molecule has 0 bridgehead atoms. The Kier molecular flexibility index (Phi) is 7.69. The number of benzene rings is 2. The number of ether oxygens (including phenoxy) is 1. The van der Waals surface area contributed by atoms with Crippen LogP contribution in [0.1, 0.15) is 37.4 Å². The lowest BCUT2D eigenvalue weighted by Gasteiger charge is -2.28. The van der Waals surface area contributed by atoms with Gasteiger partial charge < -0.3 is 10.1 Å². The summed E-state index contributed by atoms with van der Waals surface area (Å²) in [6.45, 7) is 5.32. The van der Waals surface area contributed by atoms with E-state index in [0.717, 1.165) is 12.1 Å². The molecule has 8 heteroatoms. The molecule has 1 unspecified atom stereocenters. The van der Waals surface area contributed by atoms with E-state index < -0.39 is 4.92 Å². The molecule has 1 amide bonds. The summed E-state index contributed by atoms with van der Waals surface area (Å²) in [6.07, 6.45) is 0.223. The van der Waals surface area contributed by atoms with Crippen LogP contribution >= 0.6 is 0 Å². The van der Waals surface area contributed by atoms with Gasteiger partial charge in [-0.2, -0.15) is 5.26 Å². The van der Waals surface area contributed by atoms with Gasteiger partial charge in [0.25, 0.3) is 5.69 Å². The van der Waals surface area contributed by atoms with Crippen molar-refractivity contribution in [3.63, 3.8) is 0 Å². The van der Waals surface area contributed by atoms with E-state index in [0.29, 0.717) is 17.9 Å². The van der Waals surface area contributed by atoms with Crippen LogP contribution in [0.25, 0.3) is 0 Å². The minimum Gasteiger partial charge on any atom is -0.495 e. The maximum absolute atomic E-state index is 12.4. The van der Waals surface area contributed by atoms with Gasteiger partial charge in [0.05, 0.1) is 29.4 Å². The lowest BCUT2D eigenvalue weighted by atomic mass is 10.0. The van der Waals surface area contributed by atoms with Gasteiger partial charge in [-0.25, -0.2) is 0 Å². The number of nitriles is 1. The Bertz CT molecular complexity index is 906. The Morgan fingerprint density at radius 2 is 2.00 bits per heavy atom. The zero-order valence-electron chi connectivity index (χ0n) is 16.7. The van der Waals surface area contributed by atoms with Crippen LogP contribution in [0.5, 0.6) is 5.75 Å². The molecule has 8 nitrogen and oxygen atoms in total. The van der Waals surface area contributed by atoms with Gasteiger partial charge in [0.1, 0.15) is 5.75 Å². The monoisotopic (exact) mass is 396 g/mol. The number of carbonyl (C=O) groups is 1. The van der Waals surface area contributed by atoms with Gasteiger partial charge in [0.2, 0.25) is 5.91 Å². The van der Waals surface area contributed by atoms with Gasteiger partial charge in [-0.05, 0) is 37.2 Å². The third kappa shape index (κ3) is 5.77. The van der Waals surface area contributed by atoms with Crippen LogP contribution in [-0.2, 0) is 4.79 Å². The highest BCUT2D eigenvalue weighted by Crippen LogP contribution is 2.29. The number of nitro groups is 1. The van der Waals surface area contributed by atoms with Crippen molar-refractivity contribution in [2.75, 3.05) is 25.5 Å². The number of nitro benzene ring substituents is 1. The zero-order chi connectivity index (χ0) is 21.4. The molecule has 0 aliphatic rings. The number of nitrogens with zero attached hydrogens (tertiary/aromatic N) is 3. The summed E-state index contributed by atoms with van der Waals surface area (Å²) in [6, 6.07) is 13.6. The summed E-state index contributed by atoms with van der Waals surface area (Å²) < 4.78 is 5.17. The van der Waals surface area contributed by atoms with Crippen LogP contribution in [0.2, 0.25) is 0 Å². The van der Waals surface area contributed by atoms with E-state index in [9.17, 15) is 14.9 Å². The van der Waals surface area contributed by atoms with Crippen LogP contribution in [0.3, 0.4) is 0 Å². The number of carbonyl (C=O) groups excluding carboxylic acids is 1. The molecule has 1 N–H and O–H groups in total. The van der Waals surface area contributed by atoms with Crippen molar-refractivity contribution in [2.45, 2.75) is 26.3 Å². The number of non-ortho nitro benzene ring substituents is 1. The third-order valence-corrected chi connectivity index (χ3v) is 4.77. The minimum absolute atomic E-state index is 0.0768. The number of rotatable bonds is 9. The summed E-state index contributed by atoms with van der Waals surface area (Å²) in [7, 11) is 1.44. The molecule has 2 rings (SSSR count). The Hall–Kier alpha value is -3.44. The highest BCUT2D eigenvalue weighted by Gasteiger charge is 2.17. The Morgan fingerprint density at radius 3 is 2.55 bits per heavy atom. The van der Waals surface area contributed by atoms with Crippen molar-refractivity contribution in [1.29, 1.82) is 5.26 Å². The van der Waals surface area contributed by atoms with Crippen molar-refractivity contribution < 1.29 is 14.5 Å². The number of methoxy groups -OCH3 is 1. The van der Waals surface area contributed by atoms with Crippen molar-refractivity contribution in [3.05, 3.63) is 63.7 Å². The summed E-state index contributed by atoms with van der Waals surface area (Å²) in [5, 5.41) is 22.6. The fourth-order valence-corrected chi connectivity index (χ4v) is 3.04. The molecule has 0 saturated carbocycles. The molecule has 1 atom stereocenters. The largest absolute Gasteiger partial charge is 0.495 e. The Morgan fingerprint density at radius 1 is 1.31 bits per heavy atom. The second kappa shape index (κ2) is 10.2. The molecule has 0 aliphatic carbocycles. The minimum atomic E-state index is -0.521. The molecule has 0 heterocycles. The molecule has 0 spiro atoms. The summed E-state index contributed by atoms with van der Waals surface area (Å²) >= 11 is 0. The fourth-order valence-electron chi connectivity index (χ4n) is 3.04. The van der Waals surface area contributed by atoms with Crippen LogP contribution in [0.4, 0.5) is 11.4 Å². The number of nitrogens with one attached hydrogen (secondary N) is 1. The average Bonchev–Trinajstić information content (AvgIpc) is 2.73. The molecule has 0 fully saturated rings. The van der Waals surface area contributed by atoms with Crippen molar-refractivity contribution >= 4 is 17.3 Å². The molecular weight excluding hydrogens is 372 g/mol. The van der Waals surface area contributed by atoms with Gasteiger partial charge in [0, 0.05) is 31.1 Å². The normalized spacial score (nSPS) is 11.6. The van der Waals surface area contributed by atoms with Crippen molar-refractivity contribution in [2.24, 2.45) is 0 Å². The highest BCUT2D eigenvalue weighted by atomic mass is 16.6. The lowest BCUT2D eigenvalue weighted by molar-refractivity contribution is -0.384. The molecular formula is C21H24N4O4. The predicted octanol–water partition coefficient (Wildman–Crippen LogP) is 3.89.